The van der Waals surface area contributed by atoms with Crippen LogP contribution in [-0.2, 0) is 0 Å². The van der Waals surface area contributed by atoms with E-state index in [0.29, 0.717) is 5.92 Å². The van der Waals surface area contributed by atoms with Crippen molar-refractivity contribution < 1.29 is 4.39 Å². The van der Waals surface area contributed by atoms with E-state index in [-0.39, 0.29) is 5.83 Å². The lowest BCUT2D eigenvalue weighted by atomic mass is 10.1. The van der Waals surface area contributed by atoms with Crippen LogP contribution in [0.1, 0.15) is 33.6 Å². The molecule has 0 bridgehead atoms. The predicted octanol–water partition coefficient (Wildman–Crippen LogP) is 3.30. The SMILES string of the molecule is CC[C@@H](C)C/C=C(/C)F. The Bertz CT molecular complexity index is 90.7. The molecule has 0 aromatic heterocycles. The van der Waals surface area contributed by atoms with Gasteiger partial charge in [0.1, 0.15) is 0 Å². The topological polar surface area (TPSA) is 0 Å². The number of allylic oxidation sites excluding steroid dienone is 2. The second-order valence-corrected chi connectivity index (χ2v) is 2.54. The first-order valence-corrected chi connectivity index (χ1v) is 3.49. The van der Waals surface area contributed by atoms with Crippen LogP contribution >= 0.6 is 0 Å². The van der Waals surface area contributed by atoms with Crippen molar-refractivity contribution in [1.29, 1.82) is 0 Å². The van der Waals surface area contributed by atoms with Crippen LogP contribution in [0.25, 0.3) is 0 Å². The van der Waals surface area contributed by atoms with Crippen LogP contribution < -0.4 is 0 Å². The molecule has 0 saturated carbocycles. The Kier molecular flexibility index (Phi) is 4.37. The zero-order valence-corrected chi connectivity index (χ0v) is 6.45. The summed E-state index contributed by atoms with van der Waals surface area (Å²) in [4.78, 5) is 0. The smallest absolute Gasteiger partial charge is 0.0929 e. The van der Waals surface area contributed by atoms with Crippen molar-refractivity contribution in [3.63, 3.8) is 0 Å². The lowest BCUT2D eigenvalue weighted by Crippen LogP contribution is -1.87. The number of hydrogen-bond donors (Lipinski definition) is 0. The Hall–Kier alpha value is -0.330. The van der Waals surface area contributed by atoms with Gasteiger partial charge in [0.25, 0.3) is 0 Å². The van der Waals surface area contributed by atoms with Gasteiger partial charge < -0.3 is 0 Å². The Morgan fingerprint density at radius 3 is 2.56 bits per heavy atom. The molecule has 0 N–H and O–H groups in total. The van der Waals surface area contributed by atoms with E-state index < -0.39 is 0 Å². The van der Waals surface area contributed by atoms with E-state index in [0.717, 1.165) is 12.8 Å². The van der Waals surface area contributed by atoms with Gasteiger partial charge in [0.15, 0.2) is 0 Å². The molecular weight excluding hydrogens is 115 g/mol. The molecular formula is C8H15F. The van der Waals surface area contributed by atoms with Gasteiger partial charge in [0.05, 0.1) is 5.83 Å². The average Bonchev–Trinajstić information content (AvgIpc) is 1.83. The van der Waals surface area contributed by atoms with Crippen molar-refractivity contribution in [2.24, 2.45) is 5.92 Å². The molecule has 0 unspecified atom stereocenters. The van der Waals surface area contributed by atoms with Gasteiger partial charge in [-0.2, -0.15) is 0 Å². The van der Waals surface area contributed by atoms with Gasteiger partial charge in [0, 0.05) is 0 Å². The summed E-state index contributed by atoms with van der Waals surface area (Å²) >= 11 is 0. The first-order chi connectivity index (χ1) is 4.16. The predicted molar refractivity (Wildman–Crippen MR) is 38.9 cm³/mol. The van der Waals surface area contributed by atoms with Crippen molar-refractivity contribution in [3.8, 4) is 0 Å². The fraction of sp³-hybridized carbons (Fsp3) is 0.750. The highest BCUT2D eigenvalue weighted by molar-refractivity contribution is 4.87. The third-order valence-corrected chi connectivity index (χ3v) is 1.50. The molecule has 0 aliphatic heterocycles. The molecule has 0 radical (unpaired) electrons. The van der Waals surface area contributed by atoms with E-state index in [1.54, 1.807) is 6.08 Å². The van der Waals surface area contributed by atoms with Crippen LogP contribution in [0.3, 0.4) is 0 Å². The van der Waals surface area contributed by atoms with Crippen molar-refractivity contribution in [3.05, 3.63) is 11.9 Å². The molecule has 0 aliphatic carbocycles. The van der Waals surface area contributed by atoms with Gasteiger partial charge >= 0.3 is 0 Å². The molecule has 0 spiro atoms. The van der Waals surface area contributed by atoms with Crippen LogP contribution in [0.5, 0.6) is 0 Å². The van der Waals surface area contributed by atoms with Crippen molar-refractivity contribution in [2.45, 2.75) is 33.6 Å². The fourth-order valence-electron chi connectivity index (χ4n) is 0.530. The minimum Gasteiger partial charge on any atom is -0.212 e. The van der Waals surface area contributed by atoms with Crippen LogP contribution in [0.2, 0.25) is 0 Å². The zero-order chi connectivity index (χ0) is 7.28. The first-order valence-electron chi connectivity index (χ1n) is 3.49. The summed E-state index contributed by atoms with van der Waals surface area (Å²) in [6.07, 6.45) is 3.65. The first kappa shape index (κ1) is 8.67. The molecule has 0 saturated heterocycles. The maximum absolute atomic E-state index is 12.1. The largest absolute Gasteiger partial charge is 0.212 e. The molecule has 0 aliphatic rings. The molecule has 54 valence electrons. The maximum atomic E-state index is 12.1. The minimum atomic E-state index is -0.0599. The van der Waals surface area contributed by atoms with Gasteiger partial charge in [0.2, 0.25) is 0 Å². The van der Waals surface area contributed by atoms with E-state index in [1.165, 1.54) is 6.92 Å². The molecule has 0 aromatic carbocycles. The Morgan fingerprint density at radius 1 is 1.67 bits per heavy atom. The van der Waals surface area contributed by atoms with E-state index in [1.807, 2.05) is 0 Å². The fourth-order valence-corrected chi connectivity index (χ4v) is 0.530. The Labute approximate surface area is 56.8 Å². The van der Waals surface area contributed by atoms with Crippen LogP contribution in [0.4, 0.5) is 4.39 Å². The third kappa shape index (κ3) is 5.54. The Morgan fingerprint density at radius 2 is 2.22 bits per heavy atom. The van der Waals surface area contributed by atoms with Gasteiger partial charge in [-0.25, -0.2) is 4.39 Å². The maximum Gasteiger partial charge on any atom is 0.0929 e. The quantitative estimate of drug-likeness (QED) is 0.550. The highest BCUT2D eigenvalue weighted by atomic mass is 19.1. The minimum absolute atomic E-state index is 0.0599. The molecule has 1 heteroatoms. The van der Waals surface area contributed by atoms with E-state index in [4.69, 9.17) is 0 Å². The summed E-state index contributed by atoms with van der Waals surface area (Å²) in [5.41, 5.74) is 0. The summed E-state index contributed by atoms with van der Waals surface area (Å²) in [5.74, 6) is 0.561. The molecule has 1 atom stereocenters. The van der Waals surface area contributed by atoms with Crippen molar-refractivity contribution in [2.75, 3.05) is 0 Å². The number of hydrogen-bond acceptors (Lipinski definition) is 0. The van der Waals surface area contributed by atoms with Gasteiger partial charge in [-0.15, -0.1) is 0 Å². The number of halogens is 1. The molecule has 0 heterocycles. The molecule has 0 rings (SSSR count). The Balaban J connectivity index is 3.37. The van der Waals surface area contributed by atoms with Crippen LogP contribution in [0, 0.1) is 5.92 Å². The summed E-state index contributed by atoms with van der Waals surface area (Å²) < 4.78 is 12.1. The monoisotopic (exact) mass is 130 g/mol. The van der Waals surface area contributed by atoms with Gasteiger partial charge in [-0.05, 0) is 19.3 Å². The standard InChI is InChI=1S/C8H15F/c1-4-7(2)5-6-8(3)9/h6-7H,4-5H2,1-3H3/b8-6-/t7-/m1/s1. The van der Waals surface area contributed by atoms with Gasteiger partial charge in [-0.3, -0.25) is 0 Å². The molecule has 0 amide bonds. The van der Waals surface area contributed by atoms with Crippen molar-refractivity contribution >= 4 is 0 Å². The third-order valence-electron chi connectivity index (χ3n) is 1.50. The van der Waals surface area contributed by atoms with Crippen LogP contribution in [-0.4, -0.2) is 0 Å². The second-order valence-electron chi connectivity index (χ2n) is 2.54. The summed E-state index contributed by atoms with van der Waals surface area (Å²) in [7, 11) is 0. The number of rotatable bonds is 3. The molecule has 9 heavy (non-hydrogen) atoms. The molecule has 0 fully saturated rings. The molecule has 0 nitrogen and oxygen atoms in total. The lowest BCUT2D eigenvalue weighted by molar-refractivity contribution is 0.554. The van der Waals surface area contributed by atoms with Crippen LogP contribution in [0.15, 0.2) is 11.9 Å². The second kappa shape index (κ2) is 4.54. The lowest BCUT2D eigenvalue weighted by Gasteiger charge is -2.01. The van der Waals surface area contributed by atoms with Crippen molar-refractivity contribution in [1.82, 2.24) is 0 Å². The summed E-state index contributed by atoms with van der Waals surface area (Å²) in [5, 5.41) is 0. The zero-order valence-electron chi connectivity index (χ0n) is 6.45. The average molecular weight is 130 g/mol. The normalized spacial score (nSPS) is 15.8. The van der Waals surface area contributed by atoms with E-state index in [2.05, 4.69) is 13.8 Å². The summed E-state index contributed by atoms with van der Waals surface area (Å²) in [6, 6.07) is 0. The highest BCUT2D eigenvalue weighted by Gasteiger charge is 1.94. The highest BCUT2D eigenvalue weighted by Crippen LogP contribution is 2.08. The molecule has 0 aromatic rings. The van der Waals surface area contributed by atoms with E-state index in [9.17, 15) is 4.39 Å². The summed E-state index contributed by atoms with van der Waals surface area (Å²) in [6.45, 7) is 5.73. The van der Waals surface area contributed by atoms with E-state index >= 15 is 0 Å². The van der Waals surface area contributed by atoms with Gasteiger partial charge in [-0.1, -0.05) is 26.3 Å².